The Labute approximate surface area is 165 Å². The Morgan fingerprint density at radius 1 is 0.966 bits per heavy atom. The van der Waals surface area contributed by atoms with Crippen molar-refractivity contribution in [3.05, 3.63) is 106 Å². The topological polar surface area (TPSA) is 71.2 Å². The van der Waals surface area contributed by atoms with Crippen LogP contribution in [-0.4, -0.2) is 10.9 Å². The van der Waals surface area contributed by atoms with Gasteiger partial charge in [0.1, 0.15) is 23.9 Å². The highest BCUT2D eigenvalue weighted by Crippen LogP contribution is 2.20. The maximum Gasteiger partial charge on any atom is 0.272 e. The van der Waals surface area contributed by atoms with Gasteiger partial charge in [-0.3, -0.25) is 9.59 Å². The molecule has 3 aromatic carbocycles. The van der Waals surface area contributed by atoms with Crippen LogP contribution in [0.2, 0.25) is 0 Å². The number of aromatic nitrogens is 1. The summed E-state index contributed by atoms with van der Waals surface area (Å²) in [4.78, 5) is 27.4. The van der Waals surface area contributed by atoms with Crippen LogP contribution in [0.3, 0.4) is 0 Å². The average Bonchev–Trinajstić information content (AvgIpc) is 2.73. The summed E-state index contributed by atoms with van der Waals surface area (Å²) >= 11 is 0. The molecule has 5 nitrogen and oxygen atoms in total. The molecule has 0 bridgehead atoms. The Bertz CT molecular complexity index is 1230. The summed E-state index contributed by atoms with van der Waals surface area (Å²) in [5, 5.41) is 3.98. The van der Waals surface area contributed by atoms with Gasteiger partial charge < -0.3 is 15.0 Å². The van der Waals surface area contributed by atoms with Crippen molar-refractivity contribution < 1.29 is 13.9 Å². The van der Waals surface area contributed by atoms with E-state index >= 15 is 0 Å². The van der Waals surface area contributed by atoms with E-state index in [2.05, 4.69) is 10.3 Å². The Morgan fingerprint density at radius 2 is 1.76 bits per heavy atom. The van der Waals surface area contributed by atoms with Crippen molar-refractivity contribution in [2.45, 2.75) is 6.61 Å². The number of benzene rings is 3. The highest BCUT2D eigenvalue weighted by Gasteiger charge is 2.10. The number of hydrogen-bond donors (Lipinski definition) is 2. The maximum atomic E-state index is 13.0. The molecule has 0 aliphatic carbocycles. The molecule has 6 heteroatoms. The van der Waals surface area contributed by atoms with E-state index < -0.39 is 5.91 Å². The molecule has 0 fully saturated rings. The van der Waals surface area contributed by atoms with Crippen LogP contribution < -0.4 is 15.6 Å². The SMILES string of the molecule is O=C(Nc1cccc(OCc2ccc(F)cc2)c1)c1cc2ccccc2c(=O)[nH]1. The fourth-order valence-corrected chi connectivity index (χ4v) is 2.94. The normalized spacial score (nSPS) is 10.7. The third kappa shape index (κ3) is 4.32. The molecule has 4 aromatic rings. The van der Waals surface area contributed by atoms with Gasteiger partial charge in [0, 0.05) is 17.1 Å². The van der Waals surface area contributed by atoms with Gasteiger partial charge in [-0.25, -0.2) is 4.39 Å². The smallest absolute Gasteiger partial charge is 0.272 e. The molecule has 0 saturated carbocycles. The summed E-state index contributed by atoms with van der Waals surface area (Å²) < 4.78 is 18.7. The van der Waals surface area contributed by atoms with E-state index in [9.17, 15) is 14.0 Å². The Kier molecular flexibility index (Phi) is 5.07. The van der Waals surface area contributed by atoms with Crippen molar-refractivity contribution in [3.8, 4) is 5.75 Å². The van der Waals surface area contributed by atoms with Crippen molar-refractivity contribution in [3.63, 3.8) is 0 Å². The second kappa shape index (κ2) is 7.98. The fourth-order valence-electron chi connectivity index (χ4n) is 2.94. The number of rotatable bonds is 5. The van der Waals surface area contributed by atoms with E-state index in [1.54, 1.807) is 60.7 Å². The lowest BCUT2D eigenvalue weighted by Gasteiger charge is -2.10. The van der Waals surface area contributed by atoms with Gasteiger partial charge in [0.2, 0.25) is 0 Å². The largest absolute Gasteiger partial charge is 0.489 e. The number of H-pyrrole nitrogens is 1. The lowest BCUT2D eigenvalue weighted by Crippen LogP contribution is -2.18. The lowest BCUT2D eigenvalue weighted by molar-refractivity contribution is 0.102. The van der Waals surface area contributed by atoms with Crippen molar-refractivity contribution >= 4 is 22.4 Å². The molecule has 0 spiro atoms. The molecule has 1 heterocycles. The molecule has 1 amide bonds. The van der Waals surface area contributed by atoms with Crippen molar-refractivity contribution in [2.75, 3.05) is 5.32 Å². The first-order valence-corrected chi connectivity index (χ1v) is 8.99. The number of nitrogens with one attached hydrogen (secondary N) is 2. The summed E-state index contributed by atoms with van der Waals surface area (Å²) in [6.45, 7) is 0.273. The number of amides is 1. The molecule has 0 atom stereocenters. The van der Waals surface area contributed by atoms with Gasteiger partial charge >= 0.3 is 0 Å². The predicted octanol–water partition coefficient (Wildman–Crippen LogP) is 4.50. The van der Waals surface area contributed by atoms with Crippen LogP contribution in [0.25, 0.3) is 10.8 Å². The Morgan fingerprint density at radius 3 is 2.59 bits per heavy atom. The maximum absolute atomic E-state index is 13.0. The van der Waals surface area contributed by atoms with Crippen LogP contribution in [-0.2, 0) is 6.61 Å². The third-order valence-electron chi connectivity index (χ3n) is 4.41. The molecule has 4 rings (SSSR count). The van der Waals surface area contributed by atoms with E-state index in [4.69, 9.17) is 4.74 Å². The molecule has 1 aromatic heterocycles. The van der Waals surface area contributed by atoms with Crippen LogP contribution >= 0.6 is 0 Å². The zero-order valence-corrected chi connectivity index (χ0v) is 15.3. The summed E-state index contributed by atoms with van der Waals surface area (Å²) in [5.74, 6) is -0.173. The van der Waals surface area contributed by atoms with E-state index in [1.165, 1.54) is 12.1 Å². The van der Waals surface area contributed by atoms with E-state index in [1.807, 2.05) is 6.07 Å². The highest BCUT2D eigenvalue weighted by molar-refractivity contribution is 6.04. The monoisotopic (exact) mass is 388 g/mol. The van der Waals surface area contributed by atoms with Crippen LogP contribution in [0.1, 0.15) is 16.1 Å². The van der Waals surface area contributed by atoms with E-state index in [0.717, 1.165) is 5.56 Å². The van der Waals surface area contributed by atoms with E-state index in [0.29, 0.717) is 22.2 Å². The first kappa shape index (κ1) is 18.4. The van der Waals surface area contributed by atoms with Gasteiger partial charge in [0.05, 0.1) is 0 Å². The van der Waals surface area contributed by atoms with Crippen molar-refractivity contribution in [1.82, 2.24) is 4.98 Å². The first-order valence-electron chi connectivity index (χ1n) is 8.99. The summed E-state index contributed by atoms with van der Waals surface area (Å²) in [6, 6.07) is 21.7. The molecule has 0 saturated heterocycles. The van der Waals surface area contributed by atoms with Crippen LogP contribution in [0.15, 0.2) is 83.7 Å². The quantitative estimate of drug-likeness (QED) is 0.529. The number of pyridine rings is 1. The minimum atomic E-state index is -0.427. The third-order valence-corrected chi connectivity index (χ3v) is 4.41. The van der Waals surface area contributed by atoms with Gasteiger partial charge in [-0.15, -0.1) is 0 Å². The molecule has 29 heavy (non-hydrogen) atoms. The lowest BCUT2D eigenvalue weighted by atomic mass is 10.1. The number of ether oxygens (including phenoxy) is 1. The molecule has 0 aliphatic rings. The molecule has 0 aliphatic heterocycles. The number of halogens is 1. The highest BCUT2D eigenvalue weighted by atomic mass is 19.1. The summed E-state index contributed by atoms with van der Waals surface area (Å²) in [6.07, 6.45) is 0. The van der Waals surface area contributed by atoms with Gasteiger partial charge in [0.25, 0.3) is 11.5 Å². The zero-order valence-electron chi connectivity index (χ0n) is 15.3. The predicted molar refractivity (Wildman–Crippen MR) is 110 cm³/mol. The summed E-state index contributed by atoms with van der Waals surface area (Å²) in [7, 11) is 0. The minimum absolute atomic E-state index is 0.173. The Hall–Kier alpha value is -3.93. The zero-order chi connectivity index (χ0) is 20.2. The van der Waals surface area contributed by atoms with Gasteiger partial charge in [-0.05, 0) is 47.3 Å². The second-order valence-corrected chi connectivity index (χ2v) is 6.50. The average molecular weight is 388 g/mol. The minimum Gasteiger partial charge on any atom is -0.489 e. The van der Waals surface area contributed by atoms with E-state index in [-0.39, 0.29) is 23.7 Å². The first-order chi connectivity index (χ1) is 14.1. The number of hydrogen-bond acceptors (Lipinski definition) is 3. The number of carbonyl (C=O) groups excluding carboxylic acids is 1. The van der Waals surface area contributed by atoms with Crippen LogP contribution in [0.5, 0.6) is 5.75 Å². The Balaban J connectivity index is 1.48. The summed E-state index contributed by atoms with van der Waals surface area (Å²) in [5.41, 5.74) is 1.21. The molecule has 0 unspecified atom stereocenters. The van der Waals surface area contributed by atoms with Crippen LogP contribution in [0.4, 0.5) is 10.1 Å². The van der Waals surface area contributed by atoms with Crippen LogP contribution in [0, 0.1) is 5.82 Å². The number of fused-ring (bicyclic) bond motifs is 1. The van der Waals surface area contributed by atoms with Crippen molar-refractivity contribution in [2.24, 2.45) is 0 Å². The molecular formula is C23H17FN2O3. The number of aromatic amines is 1. The molecular weight excluding hydrogens is 371 g/mol. The van der Waals surface area contributed by atoms with Crippen molar-refractivity contribution in [1.29, 1.82) is 0 Å². The standard InChI is InChI=1S/C23H17FN2O3/c24-17-10-8-15(9-11-17)14-29-19-6-3-5-18(13-19)25-23(28)21-12-16-4-1-2-7-20(16)22(27)26-21/h1-13H,14H2,(H,25,28)(H,26,27). The molecule has 144 valence electrons. The molecule has 2 N–H and O–H groups in total. The molecule has 0 radical (unpaired) electrons. The van der Waals surface area contributed by atoms with Gasteiger partial charge in [-0.2, -0.15) is 0 Å². The number of carbonyl (C=O) groups is 1. The second-order valence-electron chi connectivity index (χ2n) is 6.50. The van der Waals surface area contributed by atoms with Gasteiger partial charge in [0.15, 0.2) is 0 Å². The number of anilines is 1. The fraction of sp³-hybridized carbons (Fsp3) is 0.0435. The van der Waals surface area contributed by atoms with Gasteiger partial charge in [-0.1, -0.05) is 36.4 Å².